The second-order valence-electron chi connectivity index (χ2n) is 6.82. The fourth-order valence-corrected chi connectivity index (χ4v) is 3.76. The molecule has 21 heavy (non-hydrogen) atoms. The first-order valence-corrected chi connectivity index (χ1v) is 8.42. The van der Waals surface area contributed by atoms with E-state index in [1.807, 2.05) is 12.1 Å². The van der Waals surface area contributed by atoms with Gasteiger partial charge in [-0.15, -0.1) is 0 Å². The van der Waals surface area contributed by atoms with Crippen LogP contribution in [-0.2, 0) is 6.54 Å². The van der Waals surface area contributed by atoms with Crippen LogP contribution in [0.3, 0.4) is 0 Å². The predicted octanol–water partition coefficient (Wildman–Crippen LogP) is 3.52. The van der Waals surface area contributed by atoms with Crippen LogP contribution in [0.2, 0.25) is 0 Å². The zero-order chi connectivity index (χ0) is 14.7. The Morgan fingerprint density at radius 2 is 1.67 bits per heavy atom. The predicted molar refractivity (Wildman–Crippen MR) is 84.7 cm³/mol. The van der Waals surface area contributed by atoms with Crippen molar-refractivity contribution in [3.63, 3.8) is 0 Å². The minimum Gasteiger partial charge on any atom is -0.298 e. The molecule has 1 aromatic carbocycles. The first-order valence-electron chi connectivity index (χ1n) is 8.42. The summed E-state index contributed by atoms with van der Waals surface area (Å²) >= 11 is 0. The van der Waals surface area contributed by atoms with E-state index >= 15 is 0 Å². The molecular formula is C18H27FN2. The molecule has 0 bridgehead atoms. The maximum Gasteiger partial charge on any atom is 0.127 e. The first kappa shape index (κ1) is 15.0. The van der Waals surface area contributed by atoms with Crippen molar-refractivity contribution in [2.75, 3.05) is 26.2 Å². The lowest BCUT2D eigenvalue weighted by Crippen LogP contribution is -2.50. The first-order chi connectivity index (χ1) is 10.2. The highest BCUT2D eigenvalue weighted by Crippen LogP contribution is 2.27. The van der Waals surface area contributed by atoms with Crippen molar-refractivity contribution in [3.8, 4) is 0 Å². The van der Waals surface area contributed by atoms with Crippen LogP contribution in [0, 0.1) is 11.7 Å². The summed E-state index contributed by atoms with van der Waals surface area (Å²) in [4.78, 5) is 5.06. The van der Waals surface area contributed by atoms with E-state index in [-0.39, 0.29) is 5.82 Å². The molecule has 3 rings (SSSR count). The molecule has 0 unspecified atom stereocenters. The standard InChI is InChI=1S/C18H27FN2/c1-15-6-8-17(9-7-15)21-12-10-20(11-13-21)14-16-4-2-3-5-18(16)19/h2-5,15,17H,6-14H2,1H3. The Kier molecular flexibility index (Phi) is 4.91. The molecule has 0 N–H and O–H groups in total. The smallest absolute Gasteiger partial charge is 0.127 e. The molecule has 2 nitrogen and oxygen atoms in total. The minimum atomic E-state index is -0.0683. The zero-order valence-corrected chi connectivity index (χ0v) is 13.1. The molecule has 3 heteroatoms. The topological polar surface area (TPSA) is 6.48 Å². The zero-order valence-electron chi connectivity index (χ0n) is 13.1. The highest BCUT2D eigenvalue weighted by Gasteiger charge is 2.27. The molecule has 1 saturated heterocycles. The molecule has 1 saturated carbocycles. The van der Waals surface area contributed by atoms with Crippen molar-refractivity contribution in [1.29, 1.82) is 0 Å². The van der Waals surface area contributed by atoms with E-state index < -0.39 is 0 Å². The molecule has 0 amide bonds. The number of piperazine rings is 1. The van der Waals surface area contributed by atoms with Crippen molar-refractivity contribution in [2.24, 2.45) is 5.92 Å². The van der Waals surface area contributed by atoms with Gasteiger partial charge in [-0.3, -0.25) is 9.80 Å². The fourth-order valence-electron chi connectivity index (χ4n) is 3.76. The van der Waals surface area contributed by atoms with Crippen LogP contribution in [0.5, 0.6) is 0 Å². The van der Waals surface area contributed by atoms with Gasteiger partial charge in [0.1, 0.15) is 5.82 Å². The van der Waals surface area contributed by atoms with Crippen LogP contribution in [0.1, 0.15) is 38.2 Å². The Morgan fingerprint density at radius 3 is 2.33 bits per heavy atom. The third-order valence-corrected chi connectivity index (χ3v) is 5.26. The van der Waals surface area contributed by atoms with E-state index in [1.54, 1.807) is 12.1 Å². The molecule has 2 fully saturated rings. The molecule has 1 heterocycles. The number of nitrogens with zero attached hydrogens (tertiary/aromatic N) is 2. The summed E-state index contributed by atoms with van der Waals surface area (Å²) < 4.78 is 13.7. The van der Waals surface area contributed by atoms with Gasteiger partial charge in [0.15, 0.2) is 0 Å². The van der Waals surface area contributed by atoms with Crippen LogP contribution in [0.15, 0.2) is 24.3 Å². The van der Waals surface area contributed by atoms with Gasteiger partial charge in [0.05, 0.1) is 0 Å². The Balaban J connectivity index is 1.48. The molecule has 0 atom stereocenters. The number of benzene rings is 1. The summed E-state index contributed by atoms with van der Waals surface area (Å²) in [5, 5.41) is 0. The molecule has 1 aromatic rings. The van der Waals surface area contributed by atoms with Crippen molar-refractivity contribution in [3.05, 3.63) is 35.6 Å². The maximum absolute atomic E-state index is 13.7. The van der Waals surface area contributed by atoms with E-state index in [4.69, 9.17) is 0 Å². The molecule has 1 aliphatic heterocycles. The molecular weight excluding hydrogens is 263 g/mol. The van der Waals surface area contributed by atoms with Gasteiger partial charge in [0.2, 0.25) is 0 Å². The van der Waals surface area contributed by atoms with Gasteiger partial charge in [-0.2, -0.15) is 0 Å². The minimum absolute atomic E-state index is 0.0683. The highest BCUT2D eigenvalue weighted by molar-refractivity contribution is 5.17. The van der Waals surface area contributed by atoms with Gasteiger partial charge in [0, 0.05) is 44.3 Å². The van der Waals surface area contributed by atoms with Crippen molar-refractivity contribution in [1.82, 2.24) is 9.80 Å². The van der Waals surface area contributed by atoms with Crippen LogP contribution in [0.4, 0.5) is 4.39 Å². The van der Waals surface area contributed by atoms with E-state index in [2.05, 4.69) is 16.7 Å². The Hall–Kier alpha value is -0.930. The van der Waals surface area contributed by atoms with Crippen LogP contribution in [0.25, 0.3) is 0 Å². The van der Waals surface area contributed by atoms with Gasteiger partial charge in [-0.1, -0.05) is 25.1 Å². The van der Waals surface area contributed by atoms with Gasteiger partial charge in [-0.05, 0) is 37.7 Å². The third-order valence-electron chi connectivity index (χ3n) is 5.26. The summed E-state index contributed by atoms with van der Waals surface area (Å²) in [5.74, 6) is 0.852. The second-order valence-corrected chi connectivity index (χ2v) is 6.82. The third kappa shape index (κ3) is 3.83. The fraction of sp³-hybridized carbons (Fsp3) is 0.667. The van der Waals surface area contributed by atoms with Crippen molar-refractivity contribution in [2.45, 2.75) is 45.2 Å². The van der Waals surface area contributed by atoms with E-state index in [0.717, 1.165) is 50.2 Å². The summed E-state index contributed by atoms with van der Waals surface area (Å²) in [6.45, 7) is 7.56. The molecule has 2 aliphatic rings. The summed E-state index contributed by atoms with van der Waals surface area (Å²) in [5.41, 5.74) is 0.831. The summed E-state index contributed by atoms with van der Waals surface area (Å²) in [6.07, 6.45) is 5.52. The van der Waals surface area contributed by atoms with Crippen LogP contribution in [-0.4, -0.2) is 42.0 Å². The summed E-state index contributed by atoms with van der Waals surface area (Å²) in [7, 11) is 0. The lowest BCUT2D eigenvalue weighted by molar-refractivity contribution is 0.0684. The molecule has 1 aliphatic carbocycles. The van der Waals surface area contributed by atoms with Crippen LogP contribution < -0.4 is 0 Å². The Morgan fingerprint density at radius 1 is 1.00 bits per heavy atom. The van der Waals surface area contributed by atoms with Gasteiger partial charge in [-0.25, -0.2) is 4.39 Å². The average molecular weight is 290 g/mol. The SMILES string of the molecule is CC1CCC(N2CCN(Cc3ccccc3F)CC2)CC1. The van der Waals surface area contributed by atoms with Gasteiger partial charge in [0.25, 0.3) is 0 Å². The van der Waals surface area contributed by atoms with Crippen LogP contribution >= 0.6 is 0 Å². The number of hydrogen-bond acceptors (Lipinski definition) is 2. The highest BCUT2D eigenvalue weighted by atomic mass is 19.1. The largest absolute Gasteiger partial charge is 0.298 e. The molecule has 0 spiro atoms. The molecule has 116 valence electrons. The average Bonchev–Trinajstić information content (AvgIpc) is 2.51. The van der Waals surface area contributed by atoms with Crippen molar-refractivity contribution >= 4 is 0 Å². The Labute approximate surface area is 127 Å². The maximum atomic E-state index is 13.7. The Bertz CT molecular complexity index is 446. The quantitative estimate of drug-likeness (QED) is 0.840. The lowest BCUT2D eigenvalue weighted by Gasteiger charge is -2.41. The van der Waals surface area contributed by atoms with Gasteiger partial charge >= 0.3 is 0 Å². The van der Waals surface area contributed by atoms with Gasteiger partial charge < -0.3 is 0 Å². The monoisotopic (exact) mass is 290 g/mol. The summed E-state index contributed by atoms with van der Waals surface area (Å²) in [6, 6.07) is 7.97. The normalized spacial score (nSPS) is 28.7. The number of rotatable bonds is 3. The number of hydrogen-bond donors (Lipinski definition) is 0. The lowest BCUT2D eigenvalue weighted by atomic mass is 9.86. The van der Waals surface area contributed by atoms with E-state index in [0.29, 0.717) is 0 Å². The van der Waals surface area contributed by atoms with E-state index in [1.165, 1.54) is 25.7 Å². The molecule has 0 radical (unpaired) electrons. The number of halogens is 1. The van der Waals surface area contributed by atoms with Crippen molar-refractivity contribution < 1.29 is 4.39 Å². The second kappa shape index (κ2) is 6.89. The molecule has 0 aromatic heterocycles. The van der Waals surface area contributed by atoms with E-state index in [9.17, 15) is 4.39 Å².